The number of hydrogen-bond acceptors (Lipinski definition) is 3. The summed E-state index contributed by atoms with van der Waals surface area (Å²) in [4.78, 5) is 5.93. The average molecular weight is 351 g/mol. The second-order valence-corrected chi connectivity index (χ2v) is 6.75. The minimum Gasteiger partial charge on any atom is -0.235 e. The third-order valence-corrected chi connectivity index (χ3v) is 5.08. The second-order valence-electron chi connectivity index (χ2n) is 5.23. The molecule has 0 bridgehead atoms. The SMILES string of the molecule is CCc1sc(/C(C#N)=C\c2ccc(Cl)cc2)nc1-c1ccccc1. The van der Waals surface area contributed by atoms with Crippen LogP contribution in [0, 0.1) is 11.3 Å². The molecular weight excluding hydrogens is 336 g/mol. The zero-order valence-electron chi connectivity index (χ0n) is 13.2. The van der Waals surface area contributed by atoms with Crippen molar-refractivity contribution >= 4 is 34.6 Å². The zero-order valence-corrected chi connectivity index (χ0v) is 14.7. The fourth-order valence-corrected chi connectivity index (χ4v) is 3.51. The summed E-state index contributed by atoms with van der Waals surface area (Å²) in [6, 6.07) is 19.8. The highest BCUT2D eigenvalue weighted by atomic mass is 35.5. The molecule has 0 saturated heterocycles. The number of benzene rings is 2. The average Bonchev–Trinajstić information content (AvgIpc) is 3.06. The van der Waals surface area contributed by atoms with Gasteiger partial charge in [0.05, 0.1) is 11.3 Å². The number of nitrogens with zero attached hydrogens (tertiary/aromatic N) is 2. The van der Waals surface area contributed by atoms with E-state index in [9.17, 15) is 5.26 Å². The van der Waals surface area contributed by atoms with Gasteiger partial charge >= 0.3 is 0 Å². The van der Waals surface area contributed by atoms with Crippen LogP contribution in [-0.2, 0) is 6.42 Å². The summed E-state index contributed by atoms with van der Waals surface area (Å²) >= 11 is 7.50. The molecule has 0 atom stereocenters. The molecule has 0 N–H and O–H groups in total. The van der Waals surface area contributed by atoms with Crippen LogP contribution >= 0.6 is 22.9 Å². The Balaban J connectivity index is 2.03. The molecule has 2 nitrogen and oxygen atoms in total. The van der Waals surface area contributed by atoms with Crippen LogP contribution in [0.15, 0.2) is 54.6 Å². The van der Waals surface area contributed by atoms with Crippen LogP contribution in [0.1, 0.15) is 22.4 Å². The van der Waals surface area contributed by atoms with E-state index in [1.165, 1.54) is 4.88 Å². The molecule has 0 aliphatic rings. The summed E-state index contributed by atoms with van der Waals surface area (Å²) in [7, 11) is 0. The molecule has 0 aliphatic carbocycles. The molecule has 0 spiro atoms. The van der Waals surface area contributed by atoms with E-state index in [0.29, 0.717) is 10.6 Å². The number of aromatic nitrogens is 1. The zero-order chi connectivity index (χ0) is 16.9. The minimum absolute atomic E-state index is 0.569. The highest BCUT2D eigenvalue weighted by Gasteiger charge is 2.14. The van der Waals surface area contributed by atoms with E-state index in [4.69, 9.17) is 16.6 Å². The van der Waals surface area contributed by atoms with Gasteiger partial charge in [0, 0.05) is 15.5 Å². The smallest absolute Gasteiger partial charge is 0.134 e. The summed E-state index contributed by atoms with van der Waals surface area (Å²) < 4.78 is 0. The number of allylic oxidation sites excluding steroid dienone is 1. The molecule has 0 aliphatic heterocycles. The van der Waals surface area contributed by atoms with Gasteiger partial charge in [-0.3, -0.25) is 0 Å². The first-order valence-corrected chi connectivity index (χ1v) is 8.83. The van der Waals surface area contributed by atoms with Crippen molar-refractivity contribution in [1.29, 1.82) is 5.26 Å². The Labute approximate surface area is 150 Å². The highest BCUT2D eigenvalue weighted by molar-refractivity contribution is 7.13. The van der Waals surface area contributed by atoms with Gasteiger partial charge in [-0.1, -0.05) is 61.0 Å². The molecule has 4 heteroatoms. The lowest BCUT2D eigenvalue weighted by Gasteiger charge is -1.98. The van der Waals surface area contributed by atoms with Gasteiger partial charge in [0.2, 0.25) is 0 Å². The van der Waals surface area contributed by atoms with Gasteiger partial charge in [0.1, 0.15) is 11.1 Å². The van der Waals surface area contributed by atoms with Gasteiger partial charge in [-0.05, 0) is 30.2 Å². The predicted octanol–water partition coefficient (Wildman–Crippen LogP) is 6.09. The highest BCUT2D eigenvalue weighted by Crippen LogP contribution is 2.32. The molecule has 24 heavy (non-hydrogen) atoms. The fraction of sp³-hybridized carbons (Fsp3) is 0.100. The van der Waals surface area contributed by atoms with E-state index < -0.39 is 0 Å². The summed E-state index contributed by atoms with van der Waals surface area (Å²) in [5, 5.41) is 11.0. The number of aryl methyl sites for hydroxylation is 1. The first-order valence-electron chi connectivity index (χ1n) is 7.64. The van der Waals surface area contributed by atoms with E-state index in [2.05, 4.69) is 13.0 Å². The Bertz CT molecular complexity index is 903. The lowest BCUT2D eigenvalue weighted by Crippen LogP contribution is -1.84. The molecule has 3 rings (SSSR count). The maximum atomic E-state index is 9.56. The molecule has 1 aromatic heterocycles. The van der Waals surface area contributed by atoms with Gasteiger partial charge in [-0.2, -0.15) is 5.26 Å². The quantitative estimate of drug-likeness (QED) is 0.534. The molecule has 0 saturated carbocycles. The summed E-state index contributed by atoms with van der Waals surface area (Å²) in [6.45, 7) is 2.11. The predicted molar refractivity (Wildman–Crippen MR) is 102 cm³/mol. The number of halogens is 1. The third-order valence-electron chi connectivity index (χ3n) is 3.60. The first-order chi connectivity index (χ1) is 11.7. The molecule has 0 amide bonds. The molecule has 0 unspecified atom stereocenters. The first kappa shape index (κ1) is 16.4. The third kappa shape index (κ3) is 3.56. The normalized spacial score (nSPS) is 11.3. The van der Waals surface area contributed by atoms with Gasteiger partial charge < -0.3 is 0 Å². The van der Waals surface area contributed by atoms with Crippen molar-refractivity contribution in [2.45, 2.75) is 13.3 Å². The van der Waals surface area contributed by atoms with Crippen LogP contribution < -0.4 is 0 Å². The largest absolute Gasteiger partial charge is 0.235 e. The van der Waals surface area contributed by atoms with Crippen LogP contribution in [0.25, 0.3) is 22.9 Å². The molecule has 2 aromatic carbocycles. The van der Waals surface area contributed by atoms with Crippen molar-refractivity contribution in [3.05, 3.63) is 75.1 Å². The van der Waals surface area contributed by atoms with Crippen molar-refractivity contribution in [1.82, 2.24) is 4.98 Å². The van der Waals surface area contributed by atoms with Gasteiger partial charge in [0.15, 0.2) is 0 Å². The maximum Gasteiger partial charge on any atom is 0.134 e. The van der Waals surface area contributed by atoms with E-state index in [0.717, 1.165) is 28.2 Å². The fourth-order valence-electron chi connectivity index (χ4n) is 2.40. The van der Waals surface area contributed by atoms with Crippen molar-refractivity contribution in [3.8, 4) is 17.3 Å². The monoisotopic (exact) mass is 350 g/mol. The Kier molecular flexibility index (Phi) is 5.10. The van der Waals surface area contributed by atoms with Crippen LogP contribution in [-0.4, -0.2) is 4.98 Å². The van der Waals surface area contributed by atoms with Crippen LogP contribution in [0.3, 0.4) is 0 Å². The number of rotatable bonds is 4. The van der Waals surface area contributed by atoms with Gasteiger partial charge in [-0.15, -0.1) is 11.3 Å². The van der Waals surface area contributed by atoms with Crippen LogP contribution in [0.2, 0.25) is 5.02 Å². The van der Waals surface area contributed by atoms with Gasteiger partial charge in [0.25, 0.3) is 0 Å². The summed E-state index contributed by atoms with van der Waals surface area (Å²) in [5.41, 5.74) is 3.56. The molecule has 3 aromatic rings. The maximum absolute atomic E-state index is 9.56. The summed E-state index contributed by atoms with van der Waals surface area (Å²) in [5.74, 6) is 0. The summed E-state index contributed by atoms with van der Waals surface area (Å²) in [6.07, 6.45) is 2.74. The van der Waals surface area contributed by atoms with E-state index in [1.807, 2.05) is 60.7 Å². The Morgan fingerprint density at radius 3 is 2.50 bits per heavy atom. The van der Waals surface area contributed by atoms with Crippen LogP contribution in [0.4, 0.5) is 0 Å². The molecular formula is C20H15ClN2S. The van der Waals surface area contributed by atoms with Crippen molar-refractivity contribution in [2.75, 3.05) is 0 Å². The molecule has 1 heterocycles. The number of thiazole rings is 1. The van der Waals surface area contributed by atoms with E-state index in [-0.39, 0.29) is 0 Å². The minimum atomic E-state index is 0.569. The lowest BCUT2D eigenvalue weighted by molar-refractivity contribution is 1.17. The Hall–Kier alpha value is -2.41. The van der Waals surface area contributed by atoms with Gasteiger partial charge in [-0.25, -0.2) is 4.98 Å². The second kappa shape index (κ2) is 7.44. The molecule has 0 radical (unpaired) electrons. The van der Waals surface area contributed by atoms with Crippen molar-refractivity contribution in [2.24, 2.45) is 0 Å². The van der Waals surface area contributed by atoms with Crippen molar-refractivity contribution in [3.63, 3.8) is 0 Å². The van der Waals surface area contributed by atoms with E-state index >= 15 is 0 Å². The van der Waals surface area contributed by atoms with E-state index in [1.54, 1.807) is 11.3 Å². The lowest BCUT2D eigenvalue weighted by atomic mass is 10.1. The van der Waals surface area contributed by atoms with Crippen molar-refractivity contribution < 1.29 is 0 Å². The Morgan fingerprint density at radius 2 is 1.88 bits per heavy atom. The van der Waals surface area contributed by atoms with Crippen LogP contribution in [0.5, 0.6) is 0 Å². The molecule has 0 fully saturated rings. The number of nitriles is 1. The topological polar surface area (TPSA) is 36.7 Å². The number of hydrogen-bond donors (Lipinski definition) is 0. The Morgan fingerprint density at radius 1 is 1.17 bits per heavy atom. The molecule has 118 valence electrons. The standard InChI is InChI=1S/C20H15ClN2S/c1-2-18-19(15-6-4-3-5-7-15)23-20(24-18)16(13-22)12-14-8-10-17(21)11-9-14/h3-12H,2H2,1H3/b16-12-.